The average Bonchev–Trinajstić information content (AvgIpc) is 3.45. The zero-order valence-electron chi connectivity index (χ0n) is 20.1. The lowest BCUT2D eigenvalue weighted by Crippen LogP contribution is -2.31. The first-order valence-corrected chi connectivity index (χ1v) is 11.9. The van der Waals surface area contributed by atoms with E-state index in [1.165, 1.54) is 0 Å². The zero-order valence-corrected chi connectivity index (χ0v) is 20.9. The van der Waals surface area contributed by atoms with Crippen molar-refractivity contribution in [1.82, 2.24) is 29.9 Å². The van der Waals surface area contributed by atoms with E-state index in [0.717, 1.165) is 23.1 Å². The lowest BCUT2D eigenvalue weighted by molar-refractivity contribution is 0.0730. The molecule has 0 aliphatic carbocycles. The van der Waals surface area contributed by atoms with Gasteiger partial charge in [0.25, 0.3) is 5.91 Å². The van der Waals surface area contributed by atoms with Gasteiger partial charge >= 0.3 is 0 Å². The molecule has 0 aliphatic rings. The lowest BCUT2D eigenvalue weighted by atomic mass is 10.0. The van der Waals surface area contributed by atoms with E-state index in [1.54, 1.807) is 17.2 Å². The molecule has 3 aromatic heterocycles. The molecule has 0 bridgehead atoms. The predicted molar refractivity (Wildman–Crippen MR) is 132 cm³/mol. The number of aromatic nitrogens is 5. The maximum atomic E-state index is 13.8. The minimum Gasteiger partial charge on any atom is -0.419 e. The summed E-state index contributed by atoms with van der Waals surface area (Å²) in [6, 6.07) is 9.30. The Labute approximate surface area is 203 Å². The van der Waals surface area contributed by atoms with Gasteiger partial charge in [0.1, 0.15) is 0 Å². The molecule has 0 saturated carbocycles. The number of amides is 1. The second-order valence-electron chi connectivity index (χ2n) is 8.88. The molecule has 9 heteroatoms. The highest BCUT2D eigenvalue weighted by Gasteiger charge is 2.24. The highest BCUT2D eigenvalue weighted by Crippen LogP contribution is 2.28. The number of pyridine rings is 1. The Hall–Kier alpha value is -3.26. The van der Waals surface area contributed by atoms with E-state index in [4.69, 9.17) is 21.0 Å². The van der Waals surface area contributed by atoms with Gasteiger partial charge < -0.3 is 9.32 Å². The van der Waals surface area contributed by atoms with Gasteiger partial charge in [-0.3, -0.25) is 4.79 Å². The van der Waals surface area contributed by atoms with Gasteiger partial charge in [0.2, 0.25) is 11.8 Å². The maximum absolute atomic E-state index is 13.8. The van der Waals surface area contributed by atoms with Crippen LogP contribution in [0.5, 0.6) is 0 Å². The Morgan fingerprint density at radius 2 is 1.94 bits per heavy atom. The number of fused-ring (bicyclic) bond motifs is 1. The van der Waals surface area contributed by atoms with Crippen LogP contribution in [-0.4, -0.2) is 42.3 Å². The van der Waals surface area contributed by atoms with Gasteiger partial charge in [-0.05, 0) is 44.4 Å². The predicted octanol–water partition coefficient (Wildman–Crippen LogP) is 5.89. The molecule has 1 amide bonds. The molecule has 0 fully saturated rings. The summed E-state index contributed by atoms with van der Waals surface area (Å²) in [6.45, 7) is 11.0. The van der Waals surface area contributed by atoms with E-state index in [-0.39, 0.29) is 24.4 Å². The first kappa shape index (κ1) is 23.9. The summed E-state index contributed by atoms with van der Waals surface area (Å²) in [6.07, 6.45) is 2.51. The molecule has 34 heavy (non-hydrogen) atoms. The Kier molecular flexibility index (Phi) is 6.97. The standard InChI is InChI=1S/C25H29ClN6O2/c1-6-11-31(14-22-29-30-24(34-22)17-9-7-8-10-20(17)26)25(33)18-12-21(15(2)3)28-23-19(18)13-27-32(23)16(4)5/h7-10,12-13,15-16H,6,11,14H2,1-5H3. The normalized spacial score (nSPS) is 11.6. The molecule has 0 saturated heterocycles. The van der Waals surface area contributed by atoms with Gasteiger partial charge in [-0.15, -0.1) is 10.2 Å². The van der Waals surface area contributed by atoms with Crippen molar-refractivity contribution >= 4 is 28.5 Å². The van der Waals surface area contributed by atoms with Crippen molar-refractivity contribution in [3.63, 3.8) is 0 Å². The van der Waals surface area contributed by atoms with E-state index in [9.17, 15) is 4.79 Å². The molecule has 0 aliphatic heterocycles. The summed E-state index contributed by atoms with van der Waals surface area (Å²) < 4.78 is 7.73. The minimum atomic E-state index is -0.114. The number of nitrogens with zero attached hydrogens (tertiary/aromatic N) is 6. The van der Waals surface area contributed by atoms with Crippen molar-refractivity contribution in [2.45, 2.75) is 59.5 Å². The molecule has 0 radical (unpaired) electrons. The van der Waals surface area contributed by atoms with Crippen LogP contribution in [0, 0.1) is 0 Å². The van der Waals surface area contributed by atoms with Crippen molar-refractivity contribution in [3.05, 3.63) is 58.7 Å². The van der Waals surface area contributed by atoms with E-state index in [2.05, 4.69) is 29.1 Å². The second-order valence-corrected chi connectivity index (χ2v) is 9.28. The third kappa shape index (κ3) is 4.68. The number of hydrogen-bond donors (Lipinski definition) is 0. The lowest BCUT2D eigenvalue weighted by Gasteiger charge is -2.21. The zero-order chi connectivity index (χ0) is 24.4. The smallest absolute Gasteiger partial charge is 0.255 e. The molecule has 0 spiro atoms. The Bertz CT molecular complexity index is 1310. The van der Waals surface area contributed by atoms with Gasteiger partial charge in [-0.1, -0.05) is 44.5 Å². The second kappa shape index (κ2) is 9.93. The van der Waals surface area contributed by atoms with Gasteiger partial charge in [-0.25, -0.2) is 9.67 Å². The summed E-state index contributed by atoms with van der Waals surface area (Å²) in [5, 5.41) is 14.1. The summed E-state index contributed by atoms with van der Waals surface area (Å²) in [5.41, 5.74) is 2.82. The van der Waals surface area contributed by atoms with E-state index < -0.39 is 0 Å². The van der Waals surface area contributed by atoms with Crippen LogP contribution in [-0.2, 0) is 6.54 Å². The van der Waals surface area contributed by atoms with Crippen LogP contribution in [0.2, 0.25) is 5.02 Å². The number of carbonyl (C=O) groups excluding carboxylic acids is 1. The molecule has 1 aromatic carbocycles. The quantitative estimate of drug-likeness (QED) is 0.312. The van der Waals surface area contributed by atoms with Gasteiger partial charge in [0.15, 0.2) is 5.65 Å². The van der Waals surface area contributed by atoms with Crippen LogP contribution in [0.25, 0.3) is 22.5 Å². The minimum absolute atomic E-state index is 0.114. The summed E-state index contributed by atoms with van der Waals surface area (Å²) in [5.74, 6) is 0.734. The first-order valence-electron chi connectivity index (χ1n) is 11.5. The molecular weight excluding hydrogens is 452 g/mol. The van der Waals surface area contributed by atoms with Crippen LogP contribution in [0.1, 0.15) is 74.9 Å². The number of halogens is 1. The van der Waals surface area contributed by atoms with Gasteiger partial charge in [0.05, 0.1) is 34.3 Å². The van der Waals surface area contributed by atoms with Crippen LogP contribution < -0.4 is 0 Å². The summed E-state index contributed by atoms with van der Waals surface area (Å²) in [4.78, 5) is 20.3. The first-order chi connectivity index (χ1) is 16.3. The third-order valence-electron chi connectivity index (χ3n) is 5.58. The summed E-state index contributed by atoms with van der Waals surface area (Å²) in [7, 11) is 0. The molecule has 0 atom stereocenters. The average molecular weight is 481 g/mol. The molecule has 0 unspecified atom stereocenters. The highest BCUT2D eigenvalue weighted by atomic mass is 35.5. The molecule has 4 aromatic rings. The fraction of sp³-hybridized carbons (Fsp3) is 0.400. The van der Waals surface area contributed by atoms with Crippen molar-refractivity contribution in [3.8, 4) is 11.5 Å². The van der Waals surface area contributed by atoms with Crippen molar-refractivity contribution in [2.24, 2.45) is 0 Å². The van der Waals surface area contributed by atoms with Crippen LogP contribution in [0.15, 0.2) is 40.9 Å². The Morgan fingerprint density at radius 3 is 2.62 bits per heavy atom. The maximum Gasteiger partial charge on any atom is 0.255 e. The third-order valence-corrected chi connectivity index (χ3v) is 5.91. The Balaban J connectivity index is 1.69. The topological polar surface area (TPSA) is 89.9 Å². The molecular formula is C25H29ClN6O2. The molecule has 3 heterocycles. The molecule has 178 valence electrons. The molecule has 4 rings (SSSR count). The van der Waals surface area contributed by atoms with Gasteiger partial charge in [0, 0.05) is 18.3 Å². The van der Waals surface area contributed by atoms with Crippen molar-refractivity contribution in [2.75, 3.05) is 6.54 Å². The SMILES string of the molecule is CCCN(Cc1nnc(-c2ccccc2Cl)o1)C(=O)c1cc(C(C)C)nc2c1cnn2C(C)C. The van der Waals surface area contributed by atoms with E-state index >= 15 is 0 Å². The number of benzene rings is 1. The summed E-state index contributed by atoms with van der Waals surface area (Å²) >= 11 is 6.27. The Morgan fingerprint density at radius 1 is 1.18 bits per heavy atom. The number of hydrogen-bond acceptors (Lipinski definition) is 6. The monoisotopic (exact) mass is 480 g/mol. The molecule has 0 N–H and O–H groups in total. The van der Waals surface area contributed by atoms with E-state index in [0.29, 0.717) is 34.5 Å². The van der Waals surface area contributed by atoms with E-state index in [1.807, 2.05) is 49.7 Å². The number of carbonyl (C=O) groups is 1. The van der Waals surface area contributed by atoms with Crippen LogP contribution >= 0.6 is 11.6 Å². The largest absolute Gasteiger partial charge is 0.419 e. The van der Waals surface area contributed by atoms with Crippen molar-refractivity contribution < 1.29 is 9.21 Å². The molecule has 8 nitrogen and oxygen atoms in total. The van der Waals surface area contributed by atoms with Crippen LogP contribution in [0.3, 0.4) is 0 Å². The fourth-order valence-electron chi connectivity index (χ4n) is 3.80. The highest BCUT2D eigenvalue weighted by molar-refractivity contribution is 6.33. The fourth-order valence-corrected chi connectivity index (χ4v) is 4.02. The van der Waals surface area contributed by atoms with Gasteiger partial charge in [-0.2, -0.15) is 5.10 Å². The van der Waals surface area contributed by atoms with Crippen LogP contribution in [0.4, 0.5) is 0 Å². The van der Waals surface area contributed by atoms with Crippen molar-refractivity contribution in [1.29, 1.82) is 0 Å². The number of rotatable bonds is 8.